The van der Waals surface area contributed by atoms with Crippen molar-refractivity contribution in [3.63, 3.8) is 0 Å². The molecule has 2 atom stereocenters. The van der Waals surface area contributed by atoms with Crippen molar-refractivity contribution in [2.24, 2.45) is 5.73 Å². The minimum absolute atomic E-state index is 0.0137. The van der Waals surface area contributed by atoms with Gasteiger partial charge in [-0.05, 0) is 97.1 Å². The molecule has 1 aromatic heterocycles. The molecule has 21 nitrogen and oxygen atoms in total. The summed E-state index contributed by atoms with van der Waals surface area (Å²) < 4.78 is 26.5. The van der Waals surface area contributed by atoms with Crippen molar-refractivity contribution in [1.82, 2.24) is 29.7 Å². The van der Waals surface area contributed by atoms with Gasteiger partial charge in [0.2, 0.25) is 11.7 Å². The fraction of sp³-hybridized carbons (Fsp3) is 0.354. The number of amidine groups is 1. The maximum atomic E-state index is 12.6. The second kappa shape index (κ2) is 21.8. The third kappa shape index (κ3) is 12.2. The van der Waals surface area contributed by atoms with Gasteiger partial charge in [-0.3, -0.25) is 25.0 Å². The third-order valence-electron chi connectivity index (χ3n) is 12.1. The van der Waals surface area contributed by atoms with Crippen LogP contribution >= 0.6 is 0 Å². The van der Waals surface area contributed by atoms with Crippen LogP contribution in [0.15, 0.2) is 102 Å². The molecule has 0 spiro atoms. The lowest BCUT2D eigenvalue weighted by molar-refractivity contribution is 0.0856. The zero-order valence-electron chi connectivity index (χ0n) is 38.7. The number of rotatable bonds is 12. The molecule has 9 rings (SSSR count). The molecule has 5 N–H and O–H groups in total. The standard InChI is InChI=1S/C25H28N6O5.C23H28N6O4/c1-17-26-23(28-36-17)18-3-7-20(8-4-18)31-16-22(35-25(31)33)15-29-11-13-30(14-12-29)24(32)27-19-5-9-21(34-2)10-6-19;1-32-19-8-4-17(5-9-19)26-22(30)28-12-10-27(11-13-28)14-20-15-29(23(31)33-20)18-6-2-16(3-7-18)21(24)25/h3-10,22H,11-16H2,1-2H3,(H,27,32);2-9,20H,10-15H2,1H3,(H3,24,25)(H,26,30). The van der Waals surface area contributed by atoms with Crippen LogP contribution in [0.3, 0.4) is 0 Å². The highest BCUT2D eigenvalue weighted by atomic mass is 16.6. The van der Waals surface area contributed by atoms with Crippen LogP contribution in [0.2, 0.25) is 0 Å². The van der Waals surface area contributed by atoms with Crippen molar-refractivity contribution < 1.29 is 42.6 Å². The summed E-state index contributed by atoms with van der Waals surface area (Å²) in [6, 6.07) is 28.6. The number of carbonyl (C=O) groups is 4. The number of nitrogens with zero attached hydrogens (tertiary/aromatic N) is 8. The Bertz CT molecular complexity index is 2560. The number of cyclic esters (lactones) is 2. The number of carbonyl (C=O) groups excluding carboxylic acids is 4. The maximum absolute atomic E-state index is 12.6. The Balaban J connectivity index is 0.000000187. The Kier molecular flexibility index (Phi) is 15.0. The highest BCUT2D eigenvalue weighted by Crippen LogP contribution is 2.27. The lowest BCUT2D eigenvalue weighted by Crippen LogP contribution is -2.51. The number of urea groups is 2. The summed E-state index contributed by atoms with van der Waals surface area (Å²) in [7, 11) is 3.21. The van der Waals surface area contributed by atoms with Crippen molar-refractivity contribution in [2.45, 2.75) is 19.1 Å². The van der Waals surface area contributed by atoms with Gasteiger partial charge in [0.15, 0.2) is 0 Å². The topological polar surface area (TPSA) is 237 Å². The number of piperazine rings is 2. The number of aryl methyl sites for hydroxylation is 1. The van der Waals surface area contributed by atoms with E-state index in [0.29, 0.717) is 102 Å². The molecule has 69 heavy (non-hydrogen) atoms. The first-order chi connectivity index (χ1) is 33.4. The van der Waals surface area contributed by atoms with Gasteiger partial charge < -0.3 is 49.6 Å². The van der Waals surface area contributed by atoms with E-state index in [2.05, 4.69) is 30.6 Å². The molecule has 2 unspecified atom stereocenters. The minimum atomic E-state index is -0.381. The second-order valence-electron chi connectivity index (χ2n) is 16.8. The van der Waals surface area contributed by atoms with Gasteiger partial charge in [0, 0.05) is 106 Å². The van der Waals surface area contributed by atoms with Crippen LogP contribution in [-0.2, 0) is 9.47 Å². The van der Waals surface area contributed by atoms with E-state index in [1.54, 1.807) is 89.3 Å². The number of nitrogen functional groups attached to an aromatic ring is 1. The van der Waals surface area contributed by atoms with E-state index in [1.807, 2.05) is 48.5 Å². The molecule has 4 aliphatic rings. The first kappa shape index (κ1) is 47.6. The number of nitrogens with one attached hydrogen (secondary N) is 3. The summed E-state index contributed by atoms with van der Waals surface area (Å²) in [6.45, 7) is 9.12. The summed E-state index contributed by atoms with van der Waals surface area (Å²) >= 11 is 0. The monoisotopic (exact) mass is 944 g/mol. The molecule has 0 saturated carbocycles. The first-order valence-electron chi connectivity index (χ1n) is 22.6. The van der Waals surface area contributed by atoms with Gasteiger partial charge in [-0.25, -0.2) is 19.2 Å². The average molecular weight is 945 g/mol. The molecule has 0 bridgehead atoms. The van der Waals surface area contributed by atoms with Crippen molar-refractivity contribution >= 4 is 52.8 Å². The van der Waals surface area contributed by atoms with Crippen LogP contribution in [0.5, 0.6) is 11.5 Å². The number of benzene rings is 4. The van der Waals surface area contributed by atoms with Crippen molar-refractivity contribution in [1.29, 1.82) is 5.41 Å². The maximum Gasteiger partial charge on any atom is 0.414 e. The fourth-order valence-electron chi connectivity index (χ4n) is 8.28. The summed E-state index contributed by atoms with van der Waals surface area (Å²) in [4.78, 5) is 65.5. The number of anilines is 4. The first-order valence-corrected chi connectivity index (χ1v) is 22.6. The largest absolute Gasteiger partial charge is 0.497 e. The fourth-order valence-corrected chi connectivity index (χ4v) is 8.28. The molecular formula is C48H56N12O9. The highest BCUT2D eigenvalue weighted by Gasteiger charge is 2.36. The summed E-state index contributed by atoms with van der Waals surface area (Å²) in [5, 5.41) is 17.2. The number of ether oxygens (including phenoxy) is 4. The van der Waals surface area contributed by atoms with E-state index in [0.717, 1.165) is 34.1 Å². The molecule has 0 aliphatic carbocycles. The van der Waals surface area contributed by atoms with Crippen molar-refractivity contribution in [3.8, 4) is 22.9 Å². The zero-order chi connectivity index (χ0) is 48.4. The molecule has 4 saturated heterocycles. The second-order valence-corrected chi connectivity index (χ2v) is 16.8. The van der Waals surface area contributed by atoms with Crippen LogP contribution in [-0.4, -0.2) is 165 Å². The van der Waals surface area contributed by atoms with E-state index in [-0.39, 0.29) is 42.3 Å². The number of hydrogen-bond acceptors (Lipinski definition) is 14. The number of hydrogen-bond donors (Lipinski definition) is 4. The van der Waals surface area contributed by atoms with Gasteiger partial charge in [0.05, 0.1) is 27.3 Å². The lowest BCUT2D eigenvalue weighted by Gasteiger charge is -2.35. The number of methoxy groups -OCH3 is 2. The molecule has 4 aromatic carbocycles. The molecule has 0 radical (unpaired) electrons. The Morgan fingerprint density at radius 2 is 1.07 bits per heavy atom. The average Bonchev–Trinajstić information content (AvgIpc) is 4.09. The summed E-state index contributed by atoms with van der Waals surface area (Å²) in [5.41, 5.74) is 9.82. The van der Waals surface area contributed by atoms with Gasteiger partial charge in [-0.2, -0.15) is 4.98 Å². The van der Waals surface area contributed by atoms with E-state index >= 15 is 0 Å². The smallest absolute Gasteiger partial charge is 0.414 e. The quantitative estimate of drug-likeness (QED) is 0.0908. The van der Waals surface area contributed by atoms with E-state index in [4.69, 9.17) is 34.6 Å². The summed E-state index contributed by atoms with van der Waals surface area (Å²) in [6.07, 6.45) is -1.23. The molecule has 4 aliphatic heterocycles. The molecular weight excluding hydrogens is 889 g/mol. The van der Waals surface area contributed by atoms with Crippen LogP contribution in [0.4, 0.5) is 41.9 Å². The third-order valence-corrected chi connectivity index (χ3v) is 12.1. The summed E-state index contributed by atoms with van der Waals surface area (Å²) in [5.74, 6) is 2.47. The van der Waals surface area contributed by atoms with Gasteiger partial charge in [0.25, 0.3) is 0 Å². The molecule has 6 amide bonds. The predicted molar refractivity (Wildman–Crippen MR) is 257 cm³/mol. The van der Waals surface area contributed by atoms with E-state index in [9.17, 15) is 19.2 Å². The van der Waals surface area contributed by atoms with Crippen LogP contribution in [0.1, 0.15) is 11.5 Å². The van der Waals surface area contributed by atoms with Crippen LogP contribution < -0.4 is 35.6 Å². The molecule has 5 heterocycles. The Morgan fingerprint density at radius 1 is 0.652 bits per heavy atom. The van der Waals surface area contributed by atoms with Crippen LogP contribution in [0, 0.1) is 12.3 Å². The Morgan fingerprint density at radius 3 is 1.45 bits per heavy atom. The molecule has 21 heteroatoms. The highest BCUT2D eigenvalue weighted by molar-refractivity contribution is 5.96. The van der Waals surface area contributed by atoms with Gasteiger partial charge in [-0.15, -0.1) is 0 Å². The number of amides is 6. The van der Waals surface area contributed by atoms with Crippen molar-refractivity contribution in [2.75, 3.05) is 113 Å². The predicted octanol–water partition coefficient (Wildman–Crippen LogP) is 5.38. The SMILES string of the molecule is COc1ccc(NC(=O)N2CCN(CC3CN(c4ccc(-c5noc(C)n5)cc4)C(=O)O3)CC2)cc1.COc1ccc(NC(=O)N2CCN(CC3CN(c4ccc(C(=N)N)cc4)C(=O)O3)CC2)cc1. The molecule has 5 aromatic rings. The number of aromatic nitrogens is 2. The van der Waals surface area contributed by atoms with Gasteiger partial charge >= 0.3 is 24.2 Å². The lowest BCUT2D eigenvalue weighted by atomic mass is 10.2. The van der Waals surface area contributed by atoms with Crippen LogP contribution in [0.25, 0.3) is 11.4 Å². The number of nitrogens with two attached hydrogens (primary N) is 1. The molecule has 4 fully saturated rings. The van der Waals surface area contributed by atoms with E-state index < -0.39 is 0 Å². The Labute approximate surface area is 399 Å². The zero-order valence-corrected chi connectivity index (χ0v) is 38.7. The normalized spacial score (nSPS) is 18.5. The minimum Gasteiger partial charge on any atom is -0.497 e. The van der Waals surface area contributed by atoms with E-state index in [1.165, 1.54) is 0 Å². The van der Waals surface area contributed by atoms with Crippen molar-refractivity contribution in [3.05, 3.63) is 109 Å². The Hall–Kier alpha value is -7.91. The van der Waals surface area contributed by atoms with Gasteiger partial charge in [0.1, 0.15) is 29.5 Å². The van der Waals surface area contributed by atoms with Gasteiger partial charge in [-0.1, -0.05) is 5.16 Å². The molecule has 362 valence electrons.